The summed E-state index contributed by atoms with van der Waals surface area (Å²) in [5, 5.41) is 0. The number of nitrogens with zero attached hydrogens (tertiary/aromatic N) is 1. The van der Waals surface area contributed by atoms with Crippen LogP contribution in [-0.2, 0) is 0 Å². The van der Waals surface area contributed by atoms with Gasteiger partial charge in [-0.1, -0.05) is 25.5 Å². The van der Waals surface area contributed by atoms with Gasteiger partial charge in [-0.15, -0.1) is 0 Å². The maximum atomic E-state index is 2.64. The van der Waals surface area contributed by atoms with E-state index >= 15 is 0 Å². The molecule has 0 saturated heterocycles. The molecule has 0 aliphatic rings. The van der Waals surface area contributed by atoms with Crippen molar-refractivity contribution in [1.29, 1.82) is 0 Å². The molecule has 0 spiro atoms. The number of allylic oxidation sites excluding steroid dienone is 2. The van der Waals surface area contributed by atoms with Gasteiger partial charge in [0.2, 0.25) is 0 Å². The van der Waals surface area contributed by atoms with E-state index in [0.29, 0.717) is 0 Å². The van der Waals surface area contributed by atoms with Crippen LogP contribution in [0, 0.1) is 0 Å². The van der Waals surface area contributed by atoms with E-state index in [1.54, 1.807) is 0 Å². The summed E-state index contributed by atoms with van der Waals surface area (Å²) >= 11 is 0. The van der Waals surface area contributed by atoms with Gasteiger partial charge in [0.05, 0.1) is 0 Å². The molecule has 0 radical (unpaired) electrons. The number of rotatable bonds is 8. The lowest BCUT2D eigenvalue weighted by atomic mass is 10.3. The average Bonchev–Trinajstić information content (AvgIpc) is 2.12. The second kappa shape index (κ2) is 9.47. The van der Waals surface area contributed by atoms with Crippen molar-refractivity contribution in [2.45, 2.75) is 46.6 Å². The van der Waals surface area contributed by atoms with E-state index in [0.717, 1.165) is 0 Å². The number of hydrogen-bond donors (Lipinski definition) is 0. The van der Waals surface area contributed by atoms with Crippen molar-refractivity contribution in [1.82, 2.24) is 4.90 Å². The minimum absolute atomic E-state index is 0.130. The summed E-state index contributed by atoms with van der Waals surface area (Å²) in [6, 6.07) is 1.38. The fourth-order valence-corrected chi connectivity index (χ4v) is 3.53. The lowest BCUT2D eigenvalue weighted by Gasteiger charge is -2.20. The van der Waals surface area contributed by atoms with Gasteiger partial charge in [0.25, 0.3) is 0 Å². The zero-order chi connectivity index (χ0) is 10.8. The molecular formula is C12H27NSi. The van der Waals surface area contributed by atoms with Gasteiger partial charge >= 0.3 is 0 Å². The molecule has 0 fully saturated rings. The lowest BCUT2D eigenvalue weighted by Crippen LogP contribution is -2.29. The minimum atomic E-state index is 0.130. The van der Waals surface area contributed by atoms with Crippen molar-refractivity contribution in [3.8, 4) is 0 Å². The predicted molar refractivity (Wildman–Crippen MR) is 69.8 cm³/mol. The molecule has 0 unspecified atom stereocenters. The van der Waals surface area contributed by atoms with Gasteiger partial charge in [0.15, 0.2) is 0 Å². The van der Waals surface area contributed by atoms with Crippen LogP contribution < -0.4 is 0 Å². The zero-order valence-corrected chi connectivity index (χ0v) is 11.9. The zero-order valence-electron chi connectivity index (χ0n) is 10.5. The normalized spacial score (nSPS) is 11.5. The summed E-state index contributed by atoms with van der Waals surface area (Å²) in [4.78, 5) is 2.64. The highest BCUT2D eigenvalue weighted by molar-refractivity contribution is 6.36. The molecule has 0 aromatic rings. The van der Waals surface area contributed by atoms with E-state index in [1.807, 2.05) is 0 Å². The molecule has 2 heteroatoms. The first kappa shape index (κ1) is 13.9. The second-order valence-corrected chi connectivity index (χ2v) is 6.00. The van der Waals surface area contributed by atoms with Crippen molar-refractivity contribution in [2.24, 2.45) is 0 Å². The molecule has 0 amide bonds. The van der Waals surface area contributed by atoms with E-state index < -0.39 is 0 Å². The Bertz CT molecular complexity index is 144. The highest BCUT2D eigenvalue weighted by Gasteiger charge is 2.00. The molecule has 0 aromatic carbocycles. The topological polar surface area (TPSA) is 3.24 Å². The molecule has 0 atom stereocenters. The van der Waals surface area contributed by atoms with Gasteiger partial charge < -0.3 is 4.90 Å². The van der Waals surface area contributed by atoms with Crippen LogP contribution in [0.4, 0.5) is 0 Å². The molecule has 0 aromatic heterocycles. The van der Waals surface area contributed by atoms with Crippen LogP contribution in [0.25, 0.3) is 0 Å². The van der Waals surface area contributed by atoms with E-state index in [-0.39, 0.29) is 9.52 Å². The first-order chi connectivity index (χ1) is 6.70. The van der Waals surface area contributed by atoms with Crippen LogP contribution >= 0.6 is 0 Å². The summed E-state index contributed by atoms with van der Waals surface area (Å²) in [5.41, 5.74) is 1.48. The van der Waals surface area contributed by atoms with E-state index in [2.05, 4.69) is 38.7 Å². The minimum Gasteiger partial charge on any atom is -0.307 e. The Morgan fingerprint density at radius 1 is 1.14 bits per heavy atom. The molecule has 0 bridgehead atoms. The largest absolute Gasteiger partial charge is 0.307 e. The number of hydrogen-bond acceptors (Lipinski definition) is 1. The van der Waals surface area contributed by atoms with Crippen molar-refractivity contribution in [3.63, 3.8) is 0 Å². The van der Waals surface area contributed by atoms with Gasteiger partial charge in [0.1, 0.15) is 0 Å². The summed E-state index contributed by atoms with van der Waals surface area (Å²) in [5.74, 6) is 0. The highest BCUT2D eigenvalue weighted by Crippen LogP contribution is 1.96. The SMILES string of the molecule is CCCN(CCC)C[SiH2]CC=C(C)C. The van der Waals surface area contributed by atoms with E-state index in [4.69, 9.17) is 0 Å². The molecule has 0 saturated carbocycles. The van der Waals surface area contributed by atoms with Crippen LogP contribution in [-0.4, -0.2) is 33.7 Å². The third-order valence-corrected chi connectivity index (χ3v) is 3.96. The molecule has 1 nitrogen and oxygen atoms in total. The standard InChI is InChI=1S/C12H27NSi/c1-5-8-13(9-6-2)11-14-10-7-12(3)4/h7H,5-6,8-11,14H2,1-4H3. The van der Waals surface area contributed by atoms with Crippen LogP contribution in [0.2, 0.25) is 6.04 Å². The maximum absolute atomic E-state index is 2.64. The Kier molecular flexibility index (Phi) is 9.41. The van der Waals surface area contributed by atoms with E-state index in [9.17, 15) is 0 Å². The molecule has 0 heterocycles. The fourth-order valence-electron chi connectivity index (χ4n) is 1.67. The highest BCUT2D eigenvalue weighted by atomic mass is 28.2. The third kappa shape index (κ3) is 8.51. The monoisotopic (exact) mass is 213 g/mol. The van der Waals surface area contributed by atoms with Gasteiger partial charge in [-0.3, -0.25) is 0 Å². The van der Waals surface area contributed by atoms with Crippen LogP contribution in [0.1, 0.15) is 40.5 Å². The summed E-state index contributed by atoms with van der Waals surface area (Å²) < 4.78 is 0. The van der Waals surface area contributed by atoms with Crippen LogP contribution in [0.3, 0.4) is 0 Å². The molecule has 84 valence electrons. The van der Waals surface area contributed by atoms with Gasteiger partial charge in [-0.05, 0) is 52.0 Å². The van der Waals surface area contributed by atoms with Crippen LogP contribution in [0.15, 0.2) is 11.6 Å². The van der Waals surface area contributed by atoms with Gasteiger partial charge in [-0.25, -0.2) is 0 Å². The summed E-state index contributed by atoms with van der Waals surface area (Å²) in [7, 11) is 0.130. The van der Waals surface area contributed by atoms with E-state index in [1.165, 1.54) is 43.7 Å². The van der Waals surface area contributed by atoms with Crippen molar-refractivity contribution < 1.29 is 0 Å². The Morgan fingerprint density at radius 2 is 1.71 bits per heavy atom. The Balaban J connectivity index is 3.54. The molecule has 0 aliphatic heterocycles. The molecule has 0 aliphatic carbocycles. The molecule has 0 N–H and O–H groups in total. The average molecular weight is 213 g/mol. The van der Waals surface area contributed by atoms with Gasteiger partial charge in [0, 0.05) is 9.52 Å². The fraction of sp³-hybridized carbons (Fsp3) is 0.833. The first-order valence-electron chi connectivity index (χ1n) is 6.06. The second-order valence-electron chi connectivity index (χ2n) is 4.27. The Hall–Kier alpha value is -0.0831. The smallest absolute Gasteiger partial charge is 0.0407 e. The lowest BCUT2D eigenvalue weighted by molar-refractivity contribution is 0.317. The Labute approximate surface area is 92.4 Å². The molecule has 14 heavy (non-hydrogen) atoms. The Morgan fingerprint density at radius 3 is 2.14 bits per heavy atom. The van der Waals surface area contributed by atoms with Gasteiger partial charge in [-0.2, -0.15) is 0 Å². The van der Waals surface area contributed by atoms with Crippen LogP contribution in [0.5, 0.6) is 0 Å². The quantitative estimate of drug-likeness (QED) is 0.340. The van der Waals surface area contributed by atoms with Crippen molar-refractivity contribution >= 4 is 9.52 Å². The van der Waals surface area contributed by atoms with Crippen molar-refractivity contribution in [2.75, 3.05) is 19.3 Å². The summed E-state index contributed by atoms with van der Waals surface area (Å²) in [6.07, 6.45) is 6.42. The molecular weight excluding hydrogens is 186 g/mol. The maximum Gasteiger partial charge on any atom is 0.0407 e. The van der Waals surface area contributed by atoms with Crippen molar-refractivity contribution in [3.05, 3.63) is 11.6 Å². The first-order valence-corrected chi connectivity index (χ1v) is 8.06. The molecule has 0 rings (SSSR count). The predicted octanol–water partition coefficient (Wildman–Crippen LogP) is 2.62. The summed E-state index contributed by atoms with van der Waals surface area (Å²) in [6.45, 7) is 11.6. The third-order valence-electron chi connectivity index (χ3n) is 2.31.